The number of aromatic nitrogens is 4. The molecule has 4 aliphatic rings. The summed E-state index contributed by atoms with van der Waals surface area (Å²) in [4.78, 5) is 31.6. The number of H-pyrrole nitrogens is 2. The van der Waals surface area contributed by atoms with Gasteiger partial charge in [0.2, 0.25) is 0 Å². The number of carbonyl (C=O) groups is 1. The van der Waals surface area contributed by atoms with E-state index in [2.05, 4.69) is 75.9 Å². The van der Waals surface area contributed by atoms with Crippen LogP contribution in [0.4, 0.5) is 4.79 Å². The van der Waals surface area contributed by atoms with Gasteiger partial charge in [0, 0.05) is 17.6 Å². The first-order valence-corrected chi connectivity index (χ1v) is 17.1. The molecule has 2 aliphatic carbocycles. The first-order chi connectivity index (χ1) is 23.6. The fourth-order valence-corrected chi connectivity index (χ4v) is 8.04. The average Bonchev–Trinajstić information content (AvgIpc) is 3.69. The van der Waals surface area contributed by atoms with Crippen LogP contribution in [0.15, 0.2) is 103 Å². The molecule has 1 amide bonds. The summed E-state index contributed by atoms with van der Waals surface area (Å²) >= 11 is 0. The second-order valence-electron chi connectivity index (χ2n) is 14.0. The lowest BCUT2D eigenvalue weighted by Gasteiger charge is -2.25. The number of imidazole rings is 2. The van der Waals surface area contributed by atoms with Gasteiger partial charge in [0.1, 0.15) is 18.3 Å². The van der Waals surface area contributed by atoms with Crippen molar-refractivity contribution >= 4 is 16.9 Å². The quantitative estimate of drug-likeness (QED) is 0.165. The number of piperidine rings is 2. The van der Waals surface area contributed by atoms with Crippen LogP contribution in [0.3, 0.4) is 0 Å². The average molecular weight is 633 g/mol. The third-order valence-corrected chi connectivity index (χ3v) is 10.9. The Balaban J connectivity index is 0.828. The van der Waals surface area contributed by atoms with Crippen molar-refractivity contribution in [2.24, 2.45) is 11.8 Å². The van der Waals surface area contributed by atoms with Crippen molar-refractivity contribution in [2.45, 2.75) is 56.5 Å². The summed E-state index contributed by atoms with van der Waals surface area (Å²) in [5.74, 6) is 3.25. The molecule has 48 heavy (non-hydrogen) atoms. The number of amides is 1. The Morgan fingerprint density at radius 1 is 0.708 bits per heavy atom. The maximum absolute atomic E-state index is 13.2. The van der Waals surface area contributed by atoms with Crippen LogP contribution in [0.2, 0.25) is 0 Å². The van der Waals surface area contributed by atoms with Crippen molar-refractivity contribution in [3.8, 4) is 33.6 Å². The first kappa shape index (κ1) is 27.9. The molecule has 8 nitrogen and oxygen atoms in total. The first-order valence-electron chi connectivity index (χ1n) is 17.1. The van der Waals surface area contributed by atoms with Gasteiger partial charge in [0.05, 0.1) is 35.9 Å². The zero-order valence-corrected chi connectivity index (χ0v) is 26.5. The van der Waals surface area contributed by atoms with Crippen LogP contribution >= 0.6 is 0 Å². The number of nitrogens with zero attached hydrogens (tertiary/aromatic N) is 3. The van der Waals surface area contributed by atoms with Crippen LogP contribution in [-0.2, 0) is 11.3 Å². The molecule has 0 spiro atoms. The number of fused-ring (bicyclic) bond motifs is 3. The highest BCUT2D eigenvalue weighted by atomic mass is 16.6. The number of aromatic amines is 2. The SMILES string of the molecule is O=C(OCc1ccccc1)N1C(c2ncc(-c3ccc(-c4ccc5cc(-c6cnc([C@@H]7C[C@H]8C[C@H]8N7)[nH]6)ccc5c4)cc3)[nH]2)C[C@H]2C[C@H]21. The highest BCUT2D eigenvalue weighted by Gasteiger charge is 2.56. The monoisotopic (exact) mass is 632 g/mol. The van der Waals surface area contributed by atoms with Gasteiger partial charge in [-0.3, -0.25) is 4.90 Å². The lowest BCUT2D eigenvalue weighted by molar-refractivity contribution is 0.0833. The van der Waals surface area contributed by atoms with Gasteiger partial charge in [-0.1, -0.05) is 78.9 Å². The second kappa shape index (κ2) is 10.9. The summed E-state index contributed by atoms with van der Waals surface area (Å²) in [5, 5.41) is 6.10. The van der Waals surface area contributed by atoms with Crippen LogP contribution in [0, 0.1) is 11.8 Å². The minimum atomic E-state index is -0.258. The molecule has 4 fully saturated rings. The lowest BCUT2D eigenvalue weighted by Crippen LogP contribution is -2.34. The molecular formula is C40H36N6O2. The Morgan fingerprint density at radius 3 is 2.19 bits per heavy atom. The van der Waals surface area contributed by atoms with Gasteiger partial charge in [-0.2, -0.15) is 0 Å². The van der Waals surface area contributed by atoms with E-state index in [0.29, 0.717) is 18.0 Å². The fourth-order valence-electron chi connectivity index (χ4n) is 8.04. The molecule has 238 valence electrons. The molecule has 4 aromatic carbocycles. The van der Waals surface area contributed by atoms with E-state index in [1.54, 1.807) is 0 Å². The molecule has 3 N–H and O–H groups in total. The lowest BCUT2D eigenvalue weighted by atomic mass is 9.98. The molecule has 4 heterocycles. The van der Waals surface area contributed by atoms with Crippen molar-refractivity contribution in [1.29, 1.82) is 0 Å². The Hall–Kier alpha value is -5.21. The van der Waals surface area contributed by atoms with Gasteiger partial charge in [-0.05, 0) is 82.7 Å². The minimum absolute atomic E-state index is 0.0896. The maximum Gasteiger partial charge on any atom is 0.410 e. The van der Waals surface area contributed by atoms with Gasteiger partial charge < -0.3 is 20.0 Å². The molecule has 10 rings (SSSR count). The number of hydrogen-bond donors (Lipinski definition) is 3. The number of benzene rings is 4. The van der Waals surface area contributed by atoms with Crippen molar-refractivity contribution in [3.63, 3.8) is 0 Å². The zero-order chi connectivity index (χ0) is 31.8. The number of likely N-dealkylation sites (tertiary alicyclic amines) is 1. The van der Waals surface area contributed by atoms with Gasteiger partial charge in [0.25, 0.3) is 0 Å². The van der Waals surface area contributed by atoms with E-state index in [0.717, 1.165) is 64.1 Å². The second-order valence-corrected chi connectivity index (χ2v) is 14.0. The summed E-state index contributed by atoms with van der Waals surface area (Å²) in [5.41, 5.74) is 7.56. The van der Waals surface area contributed by atoms with E-state index >= 15 is 0 Å². The third kappa shape index (κ3) is 4.99. The molecule has 1 unspecified atom stereocenters. The standard InChI is InChI=1S/C40H36N6O2/c47-40(48-22-23-4-2-1-3-5-23)46-36-18-31(36)19-37(46)39-42-20-34(45-39)25-8-6-24(7-9-25)26-10-11-28-15-29(13-12-27(28)14-26)35-21-41-38(44-35)33-17-30-16-32(30)43-33/h1-15,20-21,30-33,36-37,43H,16-19,22H2,(H,41,44)(H,42,45)/t30-,31-,32-,33+,36-,37?/m1/s1. The third-order valence-electron chi connectivity index (χ3n) is 10.9. The summed E-state index contributed by atoms with van der Waals surface area (Å²) in [6.45, 7) is 0.277. The fraction of sp³-hybridized carbons (Fsp3) is 0.275. The van der Waals surface area contributed by atoms with Gasteiger partial charge in [0.15, 0.2) is 0 Å². The van der Waals surface area contributed by atoms with Gasteiger partial charge >= 0.3 is 6.09 Å². The maximum atomic E-state index is 13.2. The molecule has 0 bridgehead atoms. The van der Waals surface area contributed by atoms with E-state index in [-0.39, 0.29) is 24.8 Å². The van der Waals surface area contributed by atoms with Crippen molar-refractivity contribution < 1.29 is 9.53 Å². The Bertz CT molecular complexity index is 2140. The number of ether oxygens (including phenoxy) is 1. The molecule has 2 saturated carbocycles. The van der Waals surface area contributed by atoms with Crippen LogP contribution in [-0.4, -0.2) is 43.0 Å². The molecule has 2 aromatic heterocycles. The highest BCUT2D eigenvalue weighted by molar-refractivity contribution is 5.90. The molecule has 6 atom stereocenters. The van der Waals surface area contributed by atoms with E-state index in [4.69, 9.17) is 14.7 Å². The van der Waals surface area contributed by atoms with Crippen LogP contribution in [0.25, 0.3) is 44.4 Å². The topological polar surface area (TPSA) is 98.9 Å². The highest BCUT2D eigenvalue weighted by Crippen LogP contribution is 2.53. The van der Waals surface area contributed by atoms with E-state index in [1.165, 1.54) is 29.2 Å². The van der Waals surface area contributed by atoms with Crippen LogP contribution in [0.1, 0.15) is 55.0 Å². The number of hydrogen-bond acceptors (Lipinski definition) is 5. The smallest absolute Gasteiger partial charge is 0.410 e. The van der Waals surface area contributed by atoms with Gasteiger partial charge in [-0.25, -0.2) is 14.8 Å². The normalized spacial score (nSPS) is 25.2. The summed E-state index contributed by atoms with van der Waals surface area (Å²) in [6, 6.07) is 32.9. The molecule has 2 aliphatic heterocycles. The summed E-state index contributed by atoms with van der Waals surface area (Å²) in [7, 11) is 0. The summed E-state index contributed by atoms with van der Waals surface area (Å²) < 4.78 is 5.72. The van der Waals surface area contributed by atoms with E-state index in [1.807, 2.05) is 47.6 Å². The van der Waals surface area contributed by atoms with E-state index < -0.39 is 0 Å². The molecule has 0 radical (unpaired) electrons. The van der Waals surface area contributed by atoms with Crippen LogP contribution < -0.4 is 5.32 Å². The predicted octanol–water partition coefficient (Wildman–Crippen LogP) is 8.18. The zero-order valence-electron chi connectivity index (χ0n) is 26.5. The molecule has 6 aromatic rings. The van der Waals surface area contributed by atoms with Crippen molar-refractivity contribution in [3.05, 3.63) is 121 Å². The predicted molar refractivity (Wildman–Crippen MR) is 185 cm³/mol. The van der Waals surface area contributed by atoms with Crippen molar-refractivity contribution in [2.75, 3.05) is 0 Å². The number of carbonyl (C=O) groups excluding carboxylic acids is 1. The Kier molecular flexibility index (Phi) is 6.34. The largest absolute Gasteiger partial charge is 0.445 e. The minimum Gasteiger partial charge on any atom is -0.445 e. The van der Waals surface area contributed by atoms with E-state index in [9.17, 15) is 4.79 Å². The Morgan fingerprint density at radius 2 is 1.40 bits per heavy atom. The Labute approximate surface area is 278 Å². The number of rotatable bonds is 7. The molecule has 8 heteroatoms. The van der Waals surface area contributed by atoms with Gasteiger partial charge in [-0.15, -0.1) is 0 Å². The molecular weight excluding hydrogens is 596 g/mol. The van der Waals surface area contributed by atoms with Crippen LogP contribution in [0.5, 0.6) is 0 Å². The summed E-state index contributed by atoms with van der Waals surface area (Å²) in [6.07, 6.45) is 8.07. The molecule has 2 saturated heterocycles. The van der Waals surface area contributed by atoms with Crippen molar-refractivity contribution in [1.82, 2.24) is 30.2 Å². The number of nitrogens with one attached hydrogen (secondary N) is 3.